The second-order valence-corrected chi connectivity index (χ2v) is 7.94. The van der Waals surface area contributed by atoms with E-state index in [1.165, 1.54) is 12.8 Å². The lowest BCUT2D eigenvalue weighted by Crippen LogP contribution is -2.39. The minimum atomic E-state index is -1.09. The fraction of sp³-hybridized carbons (Fsp3) is 0.706. The Balaban J connectivity index is 1.71. The van der Waals surface area contributed by atoms with Gasteiger partial charge in [-0.15, -0.1) is 0 Å². The van der Waals surface area contributed by atoms with Crippen LogP contribution >= 0.6 is 11.6 Å². The van der Waals surface area contributed by atoms with Gasteiger partial charge in [0.15, 0.2) is 11.0 Å². The topological polar surface area (TPSA) is 87.5 Å². The van der Waals surface area contributed by atoms with Crippen LogP contribution in [0.25, 0.3) is 0 Å². The van der Waals surface area contributed by atoms with E-state index in [4.69, 9.17) is 16.7 Å². The highest BCUT2D eigenvalue weighted by molar-refractivity contribution is 6.30. The van der Waals surface area contributed by atoms with E-state index < -0.39 is 18.1 Å². The number of likely N-dealkylation sites (tertiary alicyclic amines) is 1. The molecule has 3 rings (SSSR count). The number of carboxylic acid groups (broad SMARTS) is 1. The van der Waals surface area contributed by atoms with Gasteiger partial charge in [-0.3, -0.25) is 19.1 Å². The highest BCUT2D eigenvalue weighted by Gasteiger charge is 2.41. The van der Waals surface area contributed by atoms with Crippen LogP contribution in [0.1, 0.15) is 38.3 Å². The van der Waals surface area contributed by atoms with Gasteiger partial charge in [0, 0.05) is 19.1 Å². The Morgan fingerprint density at radius 2 is 2.20 bits per heavy atom. The summed E-state index contributed by atoms with van der Waals surface area (Å²) in [5.74, 6) is -0.959. The van der Waals surface area contributed by atoms with Crippen molar-refractivity contribution in [2.24, 2.45) is 5.41 Å². The molecule has 1 aromatic heterocycles. The largest absolute Gasteiger partial charge is 0.480 e. The van der Waals surface area contributed by atoms with E-state index in [-0.39, 0.29) is 11.0 Å². The summed E-state index contributed by atoms with van der Waals surface area (Å²) in [7, 11) is 0. The van der Waals surface area contributed by atoms with Gasteiger partial charge in [0.25, 0.3) is 5.56 Å². The van der Waals surface area contributed by atoms with E-state index in [1.54, 1.807) is 6.92 Å². The van der Waals surface area contributed by atoms with E-state index >= 15 is 0 Å². The van der Waals surface area contributed by atoms with Crippen molar-refractivity contribution in [3.05, 3.63) is 21.2 Å². The molecule has 138 valence electrons. The summed E-state index contributed by atoms with van der Waals surface area (Å²) in [4.78, 5) is 30.1. The fourth-order valence-electron chi connectivity index (χ4n) is 3.47. The first-order valence-electron chi connectivity index (χ1n) is 8.76. The first-order valence-corrected chi connectivity index (χ1v) is 9.13. The Hall–Kier alpha value is -1.60. The Bertz CT molecular complexity index is 729. The van der Waals surface area contributed by atoms with Gasteiger partial charge in [-0.05, 0) is 44.6 Å². The van der Waals surface area contributed by atoms with Gasteiger partial charge in [0.2, 0.25) is 0 Å². The average Bonchev–Trinajstić information content (AvgIpc) is 3.11. The molecule has 0 radical (unpaired) electrons. The molecule has 25 heavy (non-hydrogen) atoms. The molecule has 0 unspecified atom stereocenters. The number of hydrogen-bond acceptors (Lipinski definition) is 5. The van der Waals surface area contributed by atoms with Crippen molar-refractivity contribution >= 4 is 23.4 Å². The van der Waals surface area contributed by atoms with Gasteiger partial charge in [-0.25, -0.2) is 4.98 Å². The van der Waals surface area contributed by atoms with Crippen LogP contribution in [0.3, 0.4) is 0 Å². The number of carboxylic acids is 1. The molecule has 2 heterocycles. The van der Waals surface area contributed by atoms with Crippen LogP contribution in [0.4, 0.5) is 5.82 Å². The van der Waals surface area contributed by atoms with Gasteiger partial charge in [-0.1, -0.05) is 18.5 Å². The maximum Gasteiger partial charge on any atom is 0.323 e. The highest BCUT2D eigenvalue weighted by atomic mass is 35.5. The van der Waals surface area contributed by atoms with E-state index in [0.717, 1.165) is 30.5 Å². The second kappa shape index (κ2) is 6.96. The molecule has 2 N–H and O–H groups in total. The van der Waals surface area contributed by atoms with Crippen LogP contribution in [0.2, 0.25) is 5.15 Å². The maximum atomic E-state index is 12.5. The van der Waals surface area contributed by atoms with Gasteiger partial charge >= 0.3 is 5.97 Å². The molecule has 1 saturated heterocycles. The monoisotopic (exact) mass is 368 g/mol. The van der Waals surface area contributed by atoms with Crippen molar-refractivity contribution in [1.29, 1.82) is 0 Å². The van der Waals surface area contributed by atoms with Crippen LogP contribution in [-0.4, -0.2) is 51.2 Å². The second-order valence-electron chi connectivity index (χ2n) is 7.58. The molecule has 2 fully saturated rings. The van der Waals surface area contributed by atoms with Gasteiger partial charge in [0.05, 0.1) is 5.69 Å². The van der Waals surface area contributed by atoms with Crippen molar-refractivity contribution < 1.29 is 9.90 Å². The van der Waals surface area contributed by atoms with Crippen molar-refractivity contribution in [2.75, 3.05) is 25.0 Å². The Labute approximate surface area is 152 Å². The van der Waals surface area contributed by atoms with E-state index in [0.29, 0.717) is 23.7 Å². The van der Waals surface area contributed by atoms with Crippen LogP contribution in [0.15, 0.2) is 4.79 Å². The first kappa shape index (κ1) is 18.2. The molecule has 1 atom stereocenters. The molecule has 8 heteroatoms. The average molecular weight is 369 g/mol. The molecule has 1 aromatic rings. The van der Waals surface area contributed by atoms with Crippen molar-refractivity contribution in [3.63, 3.8) is 0 Å². The molecule has 0 aromatic carbocycles. The summed E-state index contributed by atoms with van der Waals surface area (Å²) in [5, 5.41) is 12.3. The molecule has 1 saturated carbocycles. The number of carbonyl (C=O) groups is 1. The number of hydrogen-bond donors (Lipinski definition) is 2. The van der Waals surface area contributed by atoms with Crippen LogP contribution in [0.5, 0.6) is 0 Å². The summed E-state index contributed by atoms with van der Waals surface area (Å²) in [6.45, 7) is 6.30. The van der Waals surface area contributed by atoms with E-state index in [2.05, 4.69) is 22.1 Å². The zero-order valence-corrected chi connectivity index (χ0v) is 15.5. The van der Waals surface area contributed by atoms with Crippen LogP contribution in [0, 0.1) is 12.3 Å². The van der Waals surface area contributed by atoms with Crippen molar-refractivity contribution in [1.82, 2.24) is 14.5 Å². The predicted octanol–water partition coefficient (Wildman–Crippen LogP) is 1.97. The maximum absolute atomic E-state index is 12.5. The van der Waals surface area contributed by atoms with Gasteiger partial charge < -0.3 is 10.4 Å². The highest BCUT2D eigenvalue weighted by Crippen LogP contribution is 2.46. The third-order valence-corrected chi connectivity index (χ3v) is 5.71. The van der Waals surface area contributed by atoms with Crippen molar-refractivity contribution in [3.8, 4) is 0 Å². The number of aromatic nitrogens is 2. The third kappa shape index (κ3) is 4.15. The third-order valence-electron chi connectivity index (χ3n) is 5.35. The number of rotatable bonds is 7. The summed E-state index contributed by atoms with van der Waals surface area (Å²) < 4.78 is 1.15. The summed E-state index contributed by atoms with van der Waals surface area (Å²) in [5.41, 5.74) is 0.383. The number of halogens is 1. The Kier molecular flexibility index (Phi) is 5.06. The summed E-state index contributed by atoms with van der Waals surface area (Å²) in [6, 6.07) is 0.367. The Morgan fingerprint density at radius 1 is 1.48 bits per heavy atom. The van der Waals surface area contributed by atoms with Crippen LogP contribution < -0.4 is 10.9 Å². The zero-order valence-electron chi connectivity index (χ0n) is 14.7. The SMILES string of the molecule is Cc1c(Cl)nc(NC[C@H]2CCCN2CC2(C)CC2)c(=O)n1CC(=O)O. The van der Waals surface area contributed by atoms with E-state index in [9.17, 15) is 9.59 Å². The van der Waals surface area contributed by atoms with Gasteiger partial charge in [0.1, 0.15) is 6.54 Å². The molecular weight excluding hydrogens is 344 g/mol. The number of anilines is 1. The molecule has 0 amide bonds. The zero-order chi connectivity index (χ0) is 18.2. The van der Waals surface area contributed by atoms with Crippen molar-refractivity contribution in [2.45, 2.75) is 52.1 Å². The summed E-state index contributed by atoms with van der Waals surface area (Å²) in [6.07, 6.45) is 4.83. The molecular formula is C17H25ClN4O3. The molecule has 7 nitrogen and oxygen atoms in total. The number of aliphatic carboxylic acids is 1. The summed E-state index contributed by atoms with van der Waals surface area (Å²) >= 11 is 6.08. The fourth-order valence-corrected chi connectivity index (χ4v) is 3.66. The van der Waals surface area contributed by atoms with Crippen LogP contribution in [-0.2, 0) is 11.3 Å². The number of nitrogens with zero attached hydrogens (tertiary/aromatic N) is 3. The predicted molar refractivity (Wildman–Crippen MR) is 96.3 cm³/mol. The molecule has 0 spiro atoms. The molecule has 2 aliphatic rings. The minimum Gasteiger partial charge on any atom is -0.480 e. The van der Waals surface area contributed by atoms with Gasteiger partial charge in [-0.2, -0.15) is 0 Å². The smallest absolute Gasteiger partial charge is 0.323 e. The lowest BCUT2D eigenvalue weighted by molar-refractivity contribution is -0.137. The number of nitrogens with one attached hydrogen (secondary N) is 1. The molecule has 1 aliphatic carbocycles. The van der Waals surface area contributed by atoms with E-state index in [1.807, 2.05) is 0 Å². The minimum absolute atomic E-state index is 0.126. The lowest BCUT2D eigenvalue weighted by Gasteiger charge is -2.27. The standard InChI is InChI=1S/C17H25ClN4O3/c1-11-14(18)20-15(16(25)22(11)9-13(23)24)19-8-12-4-3-7-21(12)10-17(2)5-6-17/h12H,3-10H2,1-2H3,(H,19,20)(H,23,24)/t12-/m1/s1. The quantitative estimate of drug-likeness (QED) is 0.765. The Morgan fingerprint density at radius 3 is 2.84 bits per heavy atom. The normalized spacial score (nSPS) is 22.1. The lowest BCUT2D eigenvalue weighted by atomic mass is 10.1. The molecule has 0 bridgehead atoms. The molecule has 1 aliphatic heterocycles. The first-order chi connectivity index (χ1) is 11.8.